The Morgan fingerprint density at radius 1 is 0.900 bits per heavy atom. The Balaban J connectivity index is 1.92. The second-order valence-corrected chi connectivity index (χ2v) is 10.6. The number of carbonyl (C=O) groups excluding carboxylic acids is 1. The maximum absolute atomic E-state index is 15.1. The Labute approximate surface area is 237 Å². The molecule has 3 aromatic rings. The van der Waals surface area contributed by atoms with Gasteiger partial charge in [-0.2, -0.15) is 0 Å². The molecule has 0 saturated carbocycles. The number of hydrogen-bond acceptors (Lipinski definition) is 6. The second kappa shape index (κ2) is 14.8. The van der Waals surface area contributed by atoms with Crippen molar-refractivity contribution in [3.63, 3.8) is 0 Å². The fourth-order valence-corrected chi connectivity index (χ4v) is 4.49. The Bertz CT molecular complexity index is 1250. The maximum atomic E-state index is 15.1. The first-order valence-electron chi connectivity index (χ1n) is 13.6. The van der Waals surface area contributed by atoms with E-state index in [9.17, 15) is 4.79 Å². The van der Waals surface area contributed by atoms with Gasteiger partial charge in [-0.25, -0.2) is 4.39 Å². The first kappa shape index (κ1) is 31.1. The summed E-state index contributed by atoms with van der Waals surface area (Å²) in [6.45, 7) is 9.63. The molecule has 7 heteroatoms. The van der Waals surface area contributed by atoms with Crippen molar-refractivity contribution in [1.82, 2.24) is 0 Å². The molecule has 0 fully saturated rings. The molecule has 0 saturated heterocycles. The van der Waals surface area contributed by atoms with Gasteiger partial charge in [0.15, 0.2) is 0 Å². The third-order valence-electron chi connectivity index (χ3n) is 6.45. The van der Waals surface area contributed by atoms with Crippen LogP contribution in [0.5, 0.6) is 11.5 Å². The van der Waals surface area contributed by atoms with Crippen LogP contribution in [-0.2, 0) is 32.0 Å². The zero-order valence-electron chi connectivity index (χ0n) is 24.4. The summed E-state index contributed by atoms with van der Waals surface area (Å²) < 4.78 is 43.2. The molecule has 0 aliphatic carbocycles. The van der Waals surface area contributed by atoms with Crippen molar-refractivity contribution in [3.05, 3.63) is 83.2 Å². The van der Waals surface area contributed by atoms with Crippen molar-refractivity contribution >= 4 is 5.97 Å². The fourth-order valence-electron chi connectivity index (χ4n) is 4.49. The van der Waals surface area contributed by atoms with Gasteiger partial charge >= 0.3 is 5.97 Å². The molecule has 3 aromatic carbocycles. The average molecular weight is 553 g/mol. The highest BCUT2D eigenvalue weighted by Gasteiger charge is 2.30. The third kappa shape index (κ3) is 8.80. The van der Waals surface area contributed by atoms with Gasteiger partial charge in [-0.1, -0.05) is 45.0 Å². The zero-order valence-corrected chi connectivity index (χ0v) is 24.4. The third-order valence-corrected chi connectivity index (χ3v) is 6.45. The molecule has 1 atom stereocenters. The van der Waals surface area contributed by atoms with E-state index in [0.717, 1.165) is 22.3 Å². The number of halogens is 1. The molecule has 0 heterocycles. The molecule has 0 aliphatic heterocycles. The van der Waals surface area contributed by atoms with Gasteiger partial charge in [-0.05, 0) is 77.4 Å². The number of rotatable bonds is 14. The molecule has 0 spiro atoms. The first-order chi connectivity index (χ1) is 19.2. The molecule has 0 radical (unpaired) electrons. The smallest absolute Gasteiger partial charge is 0.306 e. The van der Waals surface area contributed by atoms with E-state index in [1.54, 1.807) is 33.3 Å². The van der Waals surface area contributed by atoms with Crippen LogP contribution in [-0.4, -0.2) is 40.0 Å². The van der Waals surface area contributed by atoms with Crippen LogP contribution in [0.15, 0.2) is 60.7 Å². The minimum Gasteiger partial charge on any atom is -0.497 e. The SMILES string of the molecule is CCOC(=O)CCc1cccc(OCc2ccc(-c3cc(OC)ccc3F)c(C(OCCOC)C(C)(C)C)c2)c1. The summed E-state index contributed by atoms with van der Waals surface area (Å²) >= 11 is 0. The summed E-state index contributed by atoms with van der Waals surface area (Å²) in [7, 11) is 3.20. The lowest BCUT2D eigenvalue weighted by atomic mass is 9.81. The van der Waals surface area contributed by atoms with Crippen LogP contribution < -0.4 is 9.47 Å². The summed E-state index contributed by atoms with van der Waals surface area (Å²) in [5, 5.41) is 0. The Hall–Kier alpha value is -3.42. The van der Waals surface area contributed by atoms with Gasteiger partial charge in [0.2, 0.25) is 0 Å². The number of esters is 1. The Morgan fingerprint density at radius 3 is 2.40 bits per heavy atom. The topological polar surface area (TPSA) is 63.2 Å². The van der Waals surface area contributed by atoms with E-state index in [1.165, 1.54) is 6.07 Å². The largest absolute Gasteiger partial charge is 0.497 e. The highest BCUT2D eigenvalue weighted by Crippen LogP contribution is 2.42. The van der Waals surface area contributed by atoms with Crippen LogP contribution in [0, 0.1) is 11.2 Å². The molecule has 0 N–H and O–H groups in total. The lowest BCUT2D eigenvalue weighted by Gasteiger charge is -2.33. The number of methoxy groups -OCH3 is 2. The van der Waals surface area contributed by atoms with Gasteiger partial charge in [-0.3, -0.25) is 4.79 Å². The minimum atomic E-state index is -0.339. The summed E-state index contributed by atoms with van der Waals surface area (Å²) in [5.41, 5.74) is 3.67. The van der Waals surface area contributed by atoms with Crippen LogP contribution in [0.25, 0.3) is 11.1 Å². The van der Waals surface area contributed by atoms with Crippen LogP contribution in [0.1, 0.15) is 56.9 Å². The minimum absolute atomic E-state index is 0.213. The molecule has 216 valence electrons. The van der Waals surface area contributed by atoms with Gasteiger partial charge in [0, 0.05) is 19.1 Å². The van der Waals surface area contributed by atoms with Crippen molar-refractivity contribution < 1.29 is 32.9 Å². The van der Waals surface area contributed by atoms with E-state index in [-0.39, 0.29) is 23.3 Å². The average Bonchev–Trinajstić information content (AvgIpc) is 2.93. The van der Waals surface area contributed by atoms with Crippen LogP contribution in [0.4, 0.5) is 4.39 Å². The van der Waals surface area contributed by atoms with E-state index >= 15 is 4.39 Å². The van der Waals surface area contributed by atoms with Crippen molar-refractivity contribution in [1.29, 1.82) is 0 Å². The predicted molar refractivity (Wildman–Crippen MR) is 154 cm³/mol. The molecular formula is C33H41FO6. The second-order valence-electron chi connectivity index (χ2n) is 10.6. The summed E-state index contributed by atoms with van der Waals surface area (Å²) in [6.07, 6.45) is 0.558. The number of benzene rings is 3. The quantitative estimate of drug-likeness (QED) is 0.154. The van der Waals surface area contributed by atoms with Gasteiger partial charge in [-0.15, -0.1) is 0 Å². The molecule has 6 nitrogen and oxygen atoms in total. The fraction of sp³-hybridized carbons (Fsp3) is 0.424. The highest BCUT2D eigenvalue weighted by atomic mass is 19.1. The van der Waals surface area contributed by atoms with E-state index in [4.69, 9.17) is 23.7 Å². The predicted octanol–water partition coefficient (Wildman–Crippen LogP) is 7.33. The van der Waals surface area contributed by atoms with Crippen molar-refractivity contribution in [3.8, 4) is 22.6 Å². The molecule has 3 rings (SSSR count). The molecule has 0 amide bonds. The van der Waals surface area contributed by atoms with E-state index in [1.807, 2.05) is 42.5 Å². The molecular weight excluding hydrogens is 511 g/mol. The number of hydrogen-bond donors (Lipinski definition) is 0. The summed E-state index contributed by atoms with van der Waals surface area (Å²) in [4.78, 5) is 11.7. The van der Waals surface area contributed by atoms with Crippen molar-refractivity contribution in [2.24, 2.45) is 5.41 Å². The lowest BCUT2D eigenvalue weighted by molar-refractivity contribution is -0.143. The standard InChI is InChI=1S/C33H41FO6/c1-7-38-31(35)16-12-23-9-8-10-26(19-23)40-22-24-11-14-27(28-21-25(37-6)13-15-30(28)34)29(20-24)32(33(2,3)4)39-18-17-36-5/h8-11,13-15,19-21,32H,7,12,16-18,22H2,1-6H3. The monoisotopic (exact) mass is 552 g/mol. The van der Waals surface area contributed by atoms with E-state index in [0.29, 0.717) is 56.3 Å². The Morgan fingerprint density at radius 2 is 1.70 bits per heavy atom. The molecule has 0 aromatic heterocycles. The van der Waals surface area contributed by atoms with Gasteiger partial charge in [0.25, 0.3) is 0 Å². The Kier molecular flexibility index (Phi) is 11.5. The molecule has 1 unspecified atom stereocenters. The first-order valence-corrected chi connectivity index (χ1v) is 13.6. The van der Waals surface area contributed by atoms with E-state index < -0.39 is 0 Å². The van der Waals surface area contributed by atoms with Gasteiger partial charge in [0.1, 0.15) is 23.9 Å². The van der Waals surface area contributed by atoms with Crippen molar-refractivity contribution in [2.45, 2.75) is 53.2 Å². The summed E-state index contributed by atoms with van der Waals surface area (Å²) in [5.74, 6) is 0.727. The van der Waals surface area contributed by atoms with Crippen LogP contribution >= 0.6 is 0 Å². The van der Waals surface area contributed by atoms with Gasteiger partial charge in [0.05, 0.1) is 33.0 Å². The molecule has 0 bridgehead atoms. The van der Waals surface area contributed by atoms with Gasteiger partial charge < -0.3 is 23.7 Å². The zero-order chi connectivity index (χ0) is 29.1. The van der Waals surface area contributed by atoms with Crippen LogP contribution in [0.3, 0.4) is 0 Å². The molecule has 0 aliphatic rings. The van der Waals surface area contributed by atoms with Crippen molar-refractivity contribution in [2.75, 3.05) is 34.0 Å². The molecule has 40 heavy (non-hydrogen) atoms. The summed E-state index contributed by atoms with van der Waals surface area (Å²) in [6, 6.07) is 18.3. The number of carbonyl (C=O) groups is 1. The van der Waals surface area contributed by atoms with E-state index in [2.05, 4.69) is 20.8 Å². The maximum Gasteiger partial charge on any atom is 0.306 e. The normalized spacial score (nSPS) is 12.2. The number of aryl methyl sites for hydroxylation is 1. The lowest BCUT2D eigenvalue weighted by Crippen LogP contribution is -2.24. The highest BCUT2D eigenvalue weighted by molar-refractivity contribution is 5.71. The van der Waals surface area contributed by atoms with Crippen LogP contribution in [0.2, 0.25) is 0 Å². The number of ether oxygens (including phenoxy) is 5.